The van der Waals surface area contributed by atoms with Crippen LogP contribution in [0.25, 0.3) is 10.9 Å². The minimum Gasteiger partial charge on any atom is -0.505 e. The van der Waals surface area contributed by atoms with E-state index in [4.69, 9.17) is 0 Å². The predicted molar refractivity (Wildman–Crippen MR) is 82.9 cm³/mol. The maximum absolute atomic E-state index is 12.5. The van der Waals surface area contributed by atoms with Crippen LogP contribution < -0.4 is 10.9 Å². The van der Waals surface area contributed by atoms with Crippen LogP contribution in [0.5, 0.6) is 5.75 Å². The van der Waals surface area contributed by atoms with E-state index in [1.54, 1.807) is 18.2 Å². The Morgan fingerprint density at radius 2 is 1.95 bits per heavy atom. The van der Waals surface area contributed by atoms with Crippen molar-refractivity contribution in [2.75, 3.05) is 0 Å². The number of nitrogens with one attached hydrogen (secondary N) is 2. The van der Waals surface area contributed by atoms with Gasteiger partial charge in [-0.3, -0.25) is 9.59 Å². The van der Waals surface area contributed by atoms with Crippen molar-refractivity contribution >= 4 is 16.7 Å². The summed E-state index contributed by atoms with van der Waals surface area (Å²) < 4.78 is 0. The summed E-state index contributed by atoms with van der Waals surface area (Å²) in [4.78, 5) is 26.5. The van der Waals surface area contributed by atoms with E-state index in [2.05, 4.69) is 10.3 Å². The molecule has 21 heavy (non-hydrogen) atoms. The molecule has 0 bridgehead atoms. The molecule has 0 aliphatic carbocycles. The van der Waals surface area contributed by atoms with Crippen molar-refractivity contribution in [2.45, 2.75) is 39.3 Å². The summed E-state index contributed by atoms with van der Waals surface area (Å²) >= 11 is 0. The second-order valence-corrected chi connectivity index (χ2v) is 5.39. The maximum atomic E-state index is 12.5. The van der Waals surface area contributed by atoms with Crippen LogP contribution in [0, 0.1) is 0 Å². The highest BCUT2D eigenvalue weighted by Gasteiger charge is 2.22. The zero-order chi connectivity index (χ0) is 15.6. The third-order valence-electron chi connectivity index (χ3n) is 3.40. The number of phenolic OH excluding ortho intramolecular Hbond substituents is 1. The van der Waals surface area contributed by atoms with Gasteiger partial charge in [-0.2, -0.15) is 0 Å². The van der Waals surface area contributed by atoms with Gasteiger partial charge in [-0.1, -0.05) is 26.8 Å². The number of aromatic amines is 1. The van der Waals surface area contributed by atoms with E-state index >= 15 is 0 Å². The third kappa shape index (κ3) is 3.13. The number of H-pyrrole nitrogens is 1. The molecule has 2 aromatic rings. The summed E-state index contributed by atoms with van der Waals surface area (Å²) in [6.45, 7) is 5.85. The number of fused-ring (bicyclic) bond motifs is 1. The fourth-order valence-corrected chi connectivity index (χ4v) is 2.38. The number of pyridine rings is 1. The number of benzene rings is 1. The number of hydrogen-bond acceptors (Lipinski definition) is 4. The number of phenols is 1. The molecule has 0 amide bonds. The molecule has 3 N–H and O–H groups in total. The Bertz CT molecular complexity index is 719. The lowest BCUT2D eigenvalue weighted by Crippen LogP contribution is -2.40. The first-order valence-electron chi connectivity index (χ1n) is 7.09. The molecule has 5 heteroatoms. The molecule has 0 fully saturated rings. The van der Waals surface area contributed by atoms with E-state index < -0.39 is 0 Å². The van der Waals surface area contributed by atoms with Gasteiger partial charge in [0.05, 0.1) is 17.1 Å². The topological polar surface area (TPSA) is 82.2 Å². The Kier molecular flexibility index (Phi) is 4.43. The minimum atomic E-state index is -0.358. The van der Waals surface area contributed by atoms with Gasteiger partial charge in [0.1, 0.15) is 0 Å². The normalized spacial score (nSPS) is 12.8. The molecule has 112 valence electrons. The summed E-state index contributed by atoms with van der Waals surface area (Å²) in [7, 11) is 0. The average molecular weight is 288 g/mol. The van der Waals surface area contributed by atoms with E-state index in [-0.39, 0.29) is 34.7 Å². The number of rotatable bonds is 5. The van der Waals surface area contributed by atoms with Crippen LogP contribution in [0.2, 0.25) is 0 Å². The summed E-state index contributed by atoms with van der Waals surface area (Å²) in [5.41, 5.74) is 0.215. The SMILES string of the molecule is CCC(NC(C)C)C(=O)c1ccc2ccc(=O)[nH]c2c1O. The first-order valence-corrected chi connectivity index (χ1v) is 7.09. The van der Waals surface area contributed by atoms with Crippen molar-refractivity contribution in [3.63, 3.8) is 0 Å². The van der Waals surface area contributed by atoms with Crippen LogP contribution in [-0.4, -0.2) is 28.0 Å². The highest BCUT2D eigenvalue weighted by Crippen LogP contribution is 2.27. The molecule has 2 rings (SSSR count). The standard InChI is InChI=1S/C16H20N2O3/c1-4-12(17-9(2)3)15(20)11-7-5-10-6-8-13(19)18-14(10)16(11)21/h5-9,12,17,21H,4H2,1-3H3,(H,18,19). The average Bonchev–Trinajstić information content (AvgIpc) is 2.45. The predicted octanol–water partition coefficient (Wildman–Crippen LogP) is 2.19. The van der Waals surface area contributed by atoms with Crippen molar-refractivity contribution in [1.82, 2.24) is 10.3 Å². The Morgan fingerprint density at radius 3 is 2.57 bits per heavy atom. The number of aromatic hydroxyl groups is 1. The van der Waals surface area contributed by atoms with Gasteiger partial charge in [-0.25, -0.2) is 0 Å². The Labute approximate surface area is 123 Å². The Hall–Kier alpha value is -2.14. The van der Waals surface area contributed by atoms with Crippen LogP contribution in [-0.2, 0) is 0 Å². The van der Waals surface area contributed by atoms with Crippen molar-refractivity contribution in [3.05, 3.63) is 40.2 Å². The van der Waals surface area contributed by atoms with Gasteiger partial charge in [0.2, 0.25) is 5.56 Å². The monoisotopic (exact) mass is 288 g/mol. The van der Waals surface area contributed by atoms with Gasteiger partial charge in [0.25, 0.3) is 0 Å². The number of aromatic nitrogens is 1. The number of carbonyl (C=O) groups is 1. The van der Waals surface area contributed by atoms with Crippen molar-refractivity contribution in [1.29, 1.82) is 0 Å². The van der Waals surface area contributed by atoms with E-state index in [1.165, 1.54) is 6.07 Å². The third-order valence-corrected chi connectivity index (χ3v) is 3.40. The van der Waals surface area contributed by atoms with Crippen LogP contribution in [0.15, 0.2) is 29.1 Å². The Balaban J connectivity index is 2.48. The van der Waals surface area contributed by atoms with Gasteiger partial charge in [-0.05, 0) is 18.6 Å². The molecule has 0 spiro atoms. The highest BCUT2D eigenvalue weighted by molar-refractivity contribution is 6.06. The molecular formula is C16H20N2O3. The lowest BCUT2D eigenvalue weighted by Gasteiger charge is -2.19. The number of carbonyl (C=O) groups excluding carboxylic acids is 1. The van der Waals surface area contributed by atoms with Gasteiger partial charge in [-0.15, -0.1) is 0 Å². The van der Waals surface area contributed by atoms with Crippen molar-refractivity contribution < 1.29 is 9.90 Å². The van der Waals surface area contributed by atoms with Crippen LogP contribution in [0.3, 0.4) is 0 Å². The van der Waals surface area contributed by atoms with Gasteiger partial charge in [0, 0.05) is 17.5 Å². The molecule has 1 aromatic heterocycles. The fourth-order valence-electron chi connectivity index (χ4n) is 2.38. The van der Waals surface area contributed by atoms with E-state index in [0.29, 0.717) is 17.3 Å². The number of ketones is 1. The largest absolute Gasteiger partial charge is 0.505 e. The quantitative estimate of drug-likeness (QED) is 0.737. The number of Topliss-reactive ketones (excluding diaryl/α,β-unsaturated/α-hetero) is 1. The lowest BCUT2D eigenvalue weighted by atomic mass is 9.99. The molecule has 1 unspecified atom stereocenters. The molecule has 5 nitrogen and oxygen atoms in total. The first kappa shape index (κ1) is 15.3. The first-order chi connectivity index (χ1) is 9.93. The summed E-state index contributed by atoms with van der Waals surface area (Å²) in [5.74, 6) is -0.338. The zero-order valence-electron chi connectivity index (χ0n) is 12.4. The minimum absolute atomic E-state index is 0.167. The molecule has 0 aliphatic heterocycles. The number of hydrogen-bond donors (Lipinski definition) is 3. The smallest absolute Gasteiger partial charge is 0.248 e. The van der Waals surface area contributed by atoms with E-state index in [0.717, 1.165) is 0 Å². The molecule has 1 aromatic carbocycles. The molecule has 0 aliphatic rings. The van der Waals surface area contributed by atoms with Gasteiger partial charge >= 0.3 is 0 Å². The maximum Gasteiger partial charge on any atom is 0.248 e. The molecule has 1 atom stereocenters. The highest BCUT2D eigenvalue weighted by atomic mass is 16.3. The van der Waals surface area contributed by atoms with Gasteiger partial charge in [0.15, 0.2) is 11.5 Å². The summed E-state index contributed by atoms with van der Waals surface area (Å²) in [6.07, 6.45) is 0.625. The molecule has 0 saturated heterocycles. The van der Waals surface area contributed by atoms with E-state index in [1.807, 2.05) is 20.8 Å². The molecule has 0 radical (unpaired) electrons. The van der Waals surface area contributed by atoms with Crippen molar-refractivity contribution in [3.8, 4) is 5.75 Å². The van der Waals surface area contributed by atoms with Gasteiger partial charge < -0.3 is 15.4 Å². The fraction of sp³-hybridized carbons (Fsp3) is 0.375. The summed E-state index contributed by atoms with van der Waals surface area (Å²) in [5, 5.41) is 14.2. The Morgan fingerprint density at radius 1 is 1.29 bits per heavy atom. The molecular weight excluding hydrogens is 268 g/mol. The van der Waals surface area contributed by atoms with Crippen LogP contribution >= 0.6 is 0 Å². The second-order valence-electron chi connectivity index (χ2n) is 5.39. The second kappa shape index (κ2) is 6.10. The lowest BCUT2D eigenvalue weighted by molar-refractivity contribution is 0.0933. The summed E-state index contributed by atoms with van der Waals surface area (Å²) in [6, 6.07) is 6.14. The molecule has 0 saturated carbocycles. The molecule has 1 heterocycles. The zero-order valence-corrected chi connectivity index (χ0v) is 12.4. The van der Waals surface area contributed by atoms with Crippen LogP contribution in [0.4, 0.5) is 0 Å². The van der Waals surface area contributed by atoms with E-state index in [9.17, 15) is 14.7 Å². The van der Waals surface area contributed by atoms with Crippen molar-refractivity contribution in [2.24, 2.45) is 0 Å². The van der Waals surface area contributed by atoms with Crippen LogP contribution in [0.1, 0.15) is 37.6 Å².